The third kappa shape index (κ3) is 3.80. The molecule has 0 saturated carbocycles. The molecule has 128 valence electrons. The SMILES string of the molecule is COC(=O)CNC(=O)c1nc(CN(C)C)c2cc(C)ccc2c1O. The van der Waals surface area contributed by atoms with Gasteiger partial charge in [-0.3, -0.25) is 9.59 Å². The fourth-order valence-electron chi connectivity index (χ4n) is 2.37. The molecule has 2 rings (SSSR count). The highest BCUT2D eigenvalue weighted by Crippen LogP contribution is 2.30. The van der Waals surface area contributed by atoms with Gasteiger partial charge in [-0.2, -0.15) is 0 Å². The van der Waals surface area contributed by atoms with E-state index in [2.05, 4.69) is 15.0 Å². The number of aromatic nitrogens is 1. The Morgan fingerprint density at radius 3 is 2.62 bits per heavy atom. The van der Waals surface area contributed by atoms with Crippen molar-refractivity contribution in [3.8, 4) is 5.75 Å². The Balaban J connectivity index is 2.50. The molecule has 2 aromatic rings. The van der Waals surface area contributed by atoms with E-state index in [1.165, 1.54) is 7.11 Å². The Morgan fingerprint density at radius 2 is 2.00 bits per heavy atom. The molecule has 0 unspecified atom stereocenters. The van der Waals surface area contributed by atoms with Crippen molar-refractivity contribution >= 4 is 22.6 Å². The first-order chi connectivity index (χ1) is 11.3. The number of methoxy groups -OCH3 is 1. The Morgan fingerprint density at radius 1 is 1.29 bits per heavy atom. The minimum Gasteiger partial charge on any atom is -0.505 e. The van der Waals surface area contributed by atoms with Crippen molar-refractivity contribution in [1.29, 1.82) is 0 Å². The zero-order valence-electron chi connectivity index (χ0n) is 14.2. The molecule has 0 saturated heterocycles. The van der Waals surface area contributed by atoms with E-state index in [1.54, 1.807) is 6.07 Å². The maximum atomic E-state index is 12.3. The molecule has 0 bridgehead atoms. The van der Waals surface area contributed by atoms with Crippen LogP contribution in [-0.2, 0) is 16.1 Å². The monoisotopic (exact) mass is 331 g/mol. The normalized spacial score (nSPS) is 10.9. The second-order valence-electron chi connectivity index (χ2n) is 5.80. The van der Waals surface area contributed by atoms with Gasteiger partial charge in [0.15, 0.2) is 11.4 Å². The molecule has 24 heavy (non-hydrogen) atoms. The van der Waals surface area contributed by atoms with Gasteiger partial charge in [-0.1, -0.05) is 17.7 Å². The van der Waals surface area contributed by atoms with Crippen LogP contribution in [0.1, 0.15) is 21.7 Å². The van der Waals surface area contributed by atoms with Gasteiger partial charge in [0, 0.05) is 17.3 Å². The molecule has 7 nitrogen and oxygen atoms in total. The molecule has 0 aliphatic carbocycles. The molecule has 7 heteroatoms. The molecular weight excluding hydrogens is 310 g/mol. The van der Waals surface area contributed by atoms with Crippen molar-refractivity contribution in [2.24, 2.45) is 0 Å². The molecular formula is C17H21N3O4. The number of pyridine rings is 1. The summed E-state index contributed by atoms with van der Waals surface area (Å²) in [6.07, 6.45) is 0. The number of aryl methyl sites for hydroxylation is 1. The number of nitrogens with one attached hydrogen (secondary N) is 1. The lowest BCUT2D eigenvalue weighted by Crippen LogP contribution is -2.31. The van der Waals surface area contributed by atoms with Gasteiger partial charge in [0.2, 0.25) is 0 Å². The number of benzene rings is 1. The summed E-state index contributed by atoms with van der Waals surface area (Å²) in [5.74, 6) is -1.40. The lowest BCUT2D eigenvalue weighted by Gasteiger charge is -2.15. The average molecular weight is 331 g/mol. The molecule has 1 aromatic heterocycles. The standard InChI is InChI=1S/C17H21N3O4/c1-10-5-6-11-12(7-10)13(9-20(2)3)19-15(16(11)22)17(23)18-8-14(21)24-4/h5-7,22H,8-9H2,1-4H3,(H,18,23). The fraction of sp³-hybridized carbons (Fsp3) is 0.353. The molecule has 2 N–H and O–H groups in total. The summed E-state index contributed by atoms with van der Waals surface area (Å²) in [4.78, 5) is 29.7. The number of ether oxygens (including phenoxy) is 1. The number of nitrogens with zero attached hydrogens (tertiary/aromatic N) is 2. The highest BCUT2D eigenvalue weighted by molar-refractivity contribution is 6.03. The Labute approximate surface area is 140 Å². The maximum Gasteiger partial charge on any atom is 0.325 e. The van der Waals surface area contributed by atoms with Crippen LogP contribution in [0, 0.1) is 6.92 Å². The number of hydrogen-bond acceptors (Lipinski definition) is 6. The number of esters is 1. The molecule has 0 aliphatic rings. The van der Waals surface area contributed by atoms with E-state index in [0.29, 0.717) is 17.6 Å². The van der Waals surface area contributed by atoms with Crippen LogP contribution < -0.4 is 5.32 Å². The second-order valence-corrected chi connectivity index (χ2v) is 5.80. The van der Waals surface area contributed by atoms with Crippen LogP contribution in [0.2, 0.25) is 0 Å². The van der Waals surface area contributed by atoms with Crippen LogP contribution in [0.25, 0.3) is 10.8 Å². The summed E-state index contributed by atoms with van der Waals surface area (Å²) in [6, 6.07) is 5.55. The van der Waals surface area contributed by atoms with E-state index in [4.69, 9.17) is 0 Å². The first kappa shape index (κ1) is 17.7. The highest BCUT2D eigenvalue weighted by atomic mass is 16.5. The molecule has 1 heterocycles. The number of carbonyl (C=O) groups excluding carboxylic acids is 2. The number of amides is 1. The minimum atomic E-state index is -0.625. The van der Waals surface area contributed by atoms with E-state index in [0.717, 1.165) is 10.9 Å². The fourth-order valence-corrected chi connectivity index (χ4v) is 2.37. The van der Waals surface area contributed by atoms with Gasteiger partial charge in [-0.25, -0.2) is 4.98 Å². The van der Waals surface area contributed by atoms with Gasteiger partial charge in [-0.05, 0) is 27.1 Å². The van der Waals surface area contributed by atoms with Crippen molar-refractivity contribution in [3.05, 3.63) is 35.2 Å². The van der Waals surface area contributed by atoms with E-state index >= 15 is 0 Å². The largest absolute Gasteiger partial charge is 0.505 e. The van der Waals surface area contributed by atoms with Crippen LogP contribution >= 0.6 is 0 Å². The van der Waals surface area contributed by atoms with Gasteiger partial charge < -0.3 is 20.1 Å². The molecule has 0 atom stereocenters. The molecule has 1 aromatic carbocycles. The smallest absolute Gasteiger partial charge is 0.325 e. The molecule has 0 radical (unpaired) electrons. The summed E-state index contributed by atoms with van der Waals surface area (Å²) in [5.41, 5.74) is 1.61. The summed E-state index contributed by atoms with van der Waals surface area (Å²) in [7, 11) is 5.03. The number of rotatable bonds is 5. The maximum absolute atomic E-state index is 12.3. The number of carbonyl (C=O) groups is 2. The van der Waals surface area contributed by atoms with Gasteiger partial charge in [0.1, 0.15) is 6.54 Å². The third-order valence-corrected chi connectivity index (χ3v) is 3.51. The number of fused-ring (bicyclic) bond motifs is 1. The number of aromatic hydroxyl groups is 1. The van der Waals surface area contributed by atoms with E-state index < -0.39 is 11.9 Å². The predicted octanol–water partition coefficient (Wildman–Crippen LogP) is 1.21. The highest BCUT2D eigenvalue weighted by Gasteiger charge is 2.20. The lowest BCUT2D eigenvalue weighted by atomic mass is 10.0. The lowest BCUT2D eigenvalue weighted by molar-refractivity contribution is -0.139. The topological polar surface area (TPSA) is 91.8 Å². The second kappa shape index (κ2) is 7.27. The summed E-state index contributed by atoms with van der Waals surface area (Å²) < 4.78 is 4.48. The van der Waals surface area contributed by atoms with Crippen molar-refractivity contribution in [2.45, 2.75) is 13.5 Å². The van der Waals surface area contributed by atoms with Crippen LogP contribution in [0.5, 0.6) is 5.75 Å². The van der Waals surface area contributed by atoms with E-state index in [-0.39, 0.29) is 18.0 Å². The van der Waals surface area contributed by atoms with Crippen LogP contribution in [0.15, 0.2) is 18.2 Å². The third-order valence-electron chi connectivity index (χ3n) is 3.51. The van der Waals surface area contributed by atoms with Gasteiger partial charge in [-0.15, -0.1) is 0 Å². The Hall–Kier alpha value is -2.67. The number of hydrogen-bond donors (Lipinski definition) is 2. The zero-order valence-corrected chi connectivity index (χ0v) is 14.2. The van der Waals surface area contributed by atoms with Crippen molar-refractivity contribution in [3.63, 3.8) is 0 Å². The van der Waals surface area contributed by atoms with Crippen molar-refractivity contribution in [1.82, 2.24) is 15.2 Å². The summed E-state index contributed by atoms with van der Waals surface area (Å²) >= 11 is 0. The summed E-state index contributed by atoms with van der Waals surface area (Å²) in [5, 5.41) is 14.2. The summed E-state index contributed by atoms with van der Waals surface area (Å²) in [6.45, 7) is 2.18. The Bertz CT molecular complexity index is 787. The molecule has 1 amide bonds. The predicted molar refractivity (Wildman–Crippen MR) is 89.9 cm³/mol. The van der Waals surface area contributed by atoms with E-state index in [9.17, 15) is 14.7 Å². The minimum absolute atomic E-state index is 0.105. The van der Waals surface area contributed by atoms with Crippen LogP contribution in [0.4, 0.5) is 0 Å². The zero-order chi connectivity index (χ0) is 17.9. The molecule has 0 spiro atoms. The first-order valence-corrected chi connectivity index (χ1v) is 7.45. The Kier molecular flexibility index (Phi) is 5.35. The van der Waals surface area contributed by atoms with Crippen molar-refractivity contribution < 1.29 is 19.4 Å². The molecule has 0 aliphatic heterocycles. The quantitative estimate of drug-likeness (QED) is 0.800. The van der Waals surface area contributed by atoms with E-state index in [1.807, 2.05) is 38.1 Å². The van der Waals surface area contributed by atoms with Gasteiger partial charge >= 0.3 is 5.97 Å². The van der Waals surface area contributed by atoms with Crippen LogP contribution in [0.3, 0.4) is 0 Å². The van der Waals surface area contributed by atoms with Crippen molar-refractivity contribution in [2.75, 3.05) is 27.7 Å². The molecule has 0 fully saturated rings. The van der Waals surface area contributed by atoms with Gasteiger partial charge in [0.05, 0.1) is 12.8 Å². The van der Waals surface area contributed by atoms with Crippen LogP contribution in [-0.4, -0.2) is 54.6 Å². The average Bonchev–Trinajstić information content (AvgIpc) is 2.54. The first-order valence-electron chi connectivity index (χ1n) is 7.45. The van der Waals surface area contributed by atoms with Gasteiger partial charge in [0.25, 0.3) is 5.91 Å².